The second kappa shape index (κ2) is 6.73. The molecule has 1 amide bonds. The van der Waals surface area contributed by atoms with E-state index in [1.165, 1.54) is 12.2 Å². The molecule has 0 aliphatic carbocycles. The number of aryl methyl sites for hydroxylation is 1. The molecule has 1 fully saturated rings. The van der Waals surface area contributed by atoms with Gasteiger partial charge in [0.05, 0.1) is 0 Å². The lowest BCUT2D eigenvalue weighted by Gasteiger charge is -2.35. The molecule has 4 heteroatoms. The zero-order chi connectivity index (χ0) is 15.5. The van der Waals surface area contributed by atoms with E-state index in [0.29, 0.717) is 18.0 Å². The average molecular weight is 306 g/mol. The van der Waals surface area contributed by atoms with Crippen LogP contribution in [0.25, 0.3) is 0 Å². The van der Waals surface area contributed by atoms with Crippen LogP contribution >= 0.6 is 11.8 Å². The van der Waals surface area contributed by atoms with Crippen molar-refractivity contribution in [2.45, 2.75) is 40.2 Å². The van der Waals surface area contributed by atoms with Crippen molar-refractivity contribution in [2.75, 3.05) is 23.4 Å². The van der Waals surface area contributed by atoms with E-state index < -0.39 is 0 Å². The molecule has 0 radical (unpaired) electrons. The molecule has 1 heterocycles. The highest BCUT2D eigenvalue weighted by Crippen LogP contribution is 2.35. The summed E-state index contributed by atoms with van der Waals surface area (Å²) in [5.74, 6) is 2.39. The number of nitrogens with one attached hydrogen (secondary N) is 2. The summed E-state index contributed by atoms with van der Waals surface area (Å²) < 4.78 is 0. The standard InChI is InChI=1S/C17H26N2OS/c1-5-18-16(20)13-6-7-15(12(2)8-13)19-14-9-17(3,4)11-21-10-14/h6-8,14,19H,5,9-11H2,1-4H3,(H,18,20). The van der Waals surface area contributed by atoms with E-state index in [2.05, 4.69) is 31.4 Å². The molecule has 1 aromatic carbocycles. The zero-order valence-electron chi connectivity index (χ0n) is 13.5. The van der Waals surface area contributed by atoms with Crippen molar-refractivity contribution in [1.82, 2.24) is 5.32 Å². The highest BCUT2D eigenvalue weighted by atomic mass is 32.2. The molecule has 0 aromatic heterocycles. The highest BCUT2D eigenvalue weighted by molar-refractivity contribution is 7.99. The Kier molecular flexibility index (Phi) is 5.20. The molecule has 1 atom stereocenters. The van der Waals surface area contributed by atoms with Crippen LogP contribution in [-0.2, 0) is 0 Å². The van der Waals surface area contributed by atoms with E-state index in [9.17, 15) is 4.79 Å². The van der Waals surface area contributed by atoms with Gasteiger partial charge in [0.1, 0.15) is 0 Å². The van der Waals surface area contributed by atoms with Gasteiger partial charge in [-0.25, -0.2) is 0 Å². The predicted molar refractivity (Wildman–Crippen MR) is 92.3 cm³/mol. The number of hydrogen-bond donors (Lipinski definition) is 2. The minimum Gasteiger partial charge on any atom is -0.381 e. The molecule has 2 rings (SSSR count). The van der Waals surface area contributed by atoms with Crippen molar-refractivity contribution < 1.29 is 4.79 Å². The second-order valence-corrected chi connectivity index (χ2v) is 7.64. The Labute approximate surface area is 132 Å². The fourth-order valence-electron chi connectivity index (χ4n) is 2.80. The lowest BCUT2D eigenvalue weighted by atomic mass is 9.87. The van der Waals surface area contributed by atoms with Crippen LogP contribution in [0.2, 0.25) is 0 Å². The second-order valence-electron chi connectivity index (χ2n) is 6.61. The maximum Gasteiger partial charge on any atom is 0.251 e. The van der Waals surface area contributed by atoms with Crippen molar-refractivity contribution in [1.29, 1.82) is 0 Å². The number of anilines is 1. The highest BCUT2D eigenvalue weighted by Gasteiger charge is 2.28. The summed E-state index contributed by atoms with van der Waals surface area (Å²) in [6.45, 7) is 9.32. The largest absolute Gasteiger partial charge is 0.381 e. The third-order valence-electron chi connectivity index (χ3n) is 3.80. The number of benzene rings is 1. The van der Waals surface area contributed by atoms with E-state index >= 15 is 0 Å². The normalized spacial score (nSPS) is 20.9. The number of thioether (sulfide) groups is 1. The summed E-state index contributed by atoms with van der Waals surface area (Å²) in [4.78, 5) is 11.8. The first-order chi connectivity index (χ1) is 9.91. The van der Waals surface area contributed by atoms with E-state index in [-0.39, 0.29) is 5.91 Å². The van der Waals surface area contributed by atoms with Gasteiger partial charge in [-0.2, -0.15) is 11.8 Å². The monoisotopic (exact) mass is 306 g/mol. The first kappa shape index (κ1) is 16.2. The molecule has 21 heavy (non-hydrogen) atoms. The molecule has 1 aliphatic heterocycles. The van der Waals surface area contributed by atoms with Crippen molar-refractivity contribution in [2.24, 2.45) is 5.41 Å². The Morgan fingerprint density at radius 2 is 2.19 bits per heavy atom. The van der Waals surface area contributed by atoms with Crippen LogP contribution in [0.3, 0.4) is 0 Å². The summed E-state index contributed by atoms with van der Waals surface area (Å²) in [5.41, 5.74) is 3.41. The minimum atomic E-state index is 0.00139. The first-order valence-corrected chi connectivity index (χ1v) is 8.80. The fourth-order valence-corrected chi connectivity index (χ4v) is 4.08. The number of rotatable bonds is 4. The van der Waals surface area contributed by atoms with E-state index in [0.717, 1.165) is 22.6 Å². The van der Waals surface area contributed by atoms with Crippen LogP contribution in [-0.4, -0.2) is 30.0 Å². The lowest BCUT2D eigenvalue weighted by molar-refractivity contribution is 0.0956. The third-order valence-corrected chi connectivity index (χ3v) is 5.42. The smallest absolute Gasteiger partial charge is 0.251 e. The van der Waals surface area contributed by atoms with E-state index in [1.54, 1.807) is 0 Å². The number of hydrogen-bond acceptors (Lipinski definition) is 3. The molecule has 1 unspecified atom stereocenters. The molecular weight excluding hydrogens is 280 g/mol. The van der Waals surface area contributed by atoms with Crippen LogP contribution in [0, 0.1) is 12.3 Å². The average Bonchev–Trinajstić information content (AvgIpc) is 2.40. The number of carbonyl (C=O) groups excluding carboxylic acids is 1. The molecule has 116 valence electrons. The summed E-state index contributed by atoms with van der Waals surface area (Å²) in [5, 5.41) is 6.49. The fraction of sp³-hybridized carbons (Fsp3) is 0.588. The Hall–Kier alpha value is -1.16. The molecule has 0 bridgehead atoms. The maximum atomic E-state index is 11.8. The summed E-state index contributed by atoms with van der Waals surface area (Å²) in [7, 11) is 0. The van der Waals surface area contributed by atoms with Gasteiger partial charge in [-0.3, -0.25) is 4.79 Å². The Bertz CT molecular complexity index is 514. The van der Waals surface area contributed by atoms with Crippen LogP contribution in [0.1, 0.15) is 43.1 Å². The van der Waals surface area contributed by atoms with E-state index in [4.69, 9.17) is 0 Å². The van der Waals surface area contributed by atoms with Crippen LogP contribution < -0.4 is 10.6 Å². The molecule has 1 aromatic rings. The number of carbonyl (C=O) groups is 1. The van der Waals surface area contributed by atoms with Gasteiger partial charge in [0.25, 0.3) is 5.91 Å². The van der Waals surface area contributed by atoms with Gasteiger partial charge in [0.2, 0.25) is 0 Å². The van der Waals surface area contributed by atoms with Gasteiger partial charge in [0, 0.05) is 29.6 Å². The quantitative estimate of drug-likeness (QED) is 0.891. The zero-order valence-corrected chi connectivity index (χ0v) is 14.3. The summed E-state index contributed by atoms with van der Waals surface area (Å²) >= 11 is 2.02. The number of amides is 1. The van der Waals surface area contributed by atoms with Gasteiger partial charge >= 0.3 is 0 Å². The SMILES string of the molecule is CCNC(=O)c1ccc(NC2CSCC(C)(C)C2)c(C)c1. The molecule has 0 saturated carbocycles. The lowest BCUT2D eigenvalue weighted by Crippen LogP contribution is -2.35. The Morgan fingerprint density at radius 1 is 1.43 bits per heavy atom. The molecule has 1 aliphatic rings. The Morgan fingerprint density at radius 3 is 2.81 bits per heavy atom. The van der Waals surface area contributed by atoms with Gasteiger partial charge in [-0.05, 0) is 55.2 Å². The summed E-state index contributed by atoms with van der Waals surface area (Å²) in [6.07, 6.45) is 1.19. The van der Waals surface area contributed by atoms with Gasteiger partial charge in [-0.15, -0.1) is 0 Å². The molecule has 0 spiro atoms. The molecule has 2 N–H and O–H groups in total. The Balaban J connectivity index is 2.06. The topological polar surface area (TPSA) is 41.1 Å². The van der Waals surface area contributed by atoms with Crippen LogP contribution in [0.5, 0.6) is 0 Å². The van der Waals surface area contributed by atoms with E-state index in [1.807, 2.05) is 36.9 Å². The first-order valence-electron chi connectivity index (χ1n) is 7.64. The van der Waals surface area contributed by atoms with Gasteiger partial charge < -0.3 is 10.6 Å². The van der Waals surface area contributed by atoms with Crippen molar-refractivity contribution in [3.8, 4) is 0 Å². The predicted octanol–water partition coefficient (Wildman–Crippen LogP) is 3.69. The molecule has 1 saturated heterocycles. The maximum absolute atomic E-state index is 11.8. The molecular formula is C17H26N2OS. The van der Waals surface area contributed by atoms with Crippen molar-refractivity contribution >= 4 is 23.4 Å². The third kappa shape index (κ3) is 4.40. The molecule has 3 nitrogen and oxygen atoms in total. The van der Waals surface area contributed by atoms with Crippen molar-refractivity contribution in [3.63, 3.8) is 0 Å². The van der Waals surface area contributed by atoms with Gasteiger partial charge in [0.15, 0.2) is 0 Å². The van der Waals surface area contributed by atoms with Crippen molar-refractivity contribution in [3.05, 3.63) is 29.3 Å². The summed E-state index contributed by atoms with van der Waals surface area (Å²) in [6, 6.07) is 6.41. The minimum absolute atomic E-state index is 0.00139. The van der Waals surface area contributed by atoms with Crippen LogP contribution in [0.15, 0.2) is 18.2 Å². The van der Waals surface area contributed by atoms with Crippen LogP contribution in [0.4, 0.5) is 5.69 Å². The van der Waals surface area contributed by atoms with Gasteiger partial charge in [-0.1, -0.05) is 13.8 Å².